The summed E-state index contributed by atoms with van der Waals surface area (Å²) >= 11 is 1.40. The zero-order valence-corrected chi connectivity index (χ0v) is 15.7. The van der Waals surface area contributed by atoms with Crippen LogP contribution in [0.4, 0.5) is 0 Å². The quantitative estimate of drug-likeness (QED) is 0.483. The minimum absolute atomic E-state index is 0.126. The van der Waals surface area contributed by atoms with Crippen LogP contribution in [0, 0.1) is 0 Å². The Bertz CT molecular complexity index is 630. The fourth-order valence-electron chi connectivity index (χ4n) is 2.85. The van der Waals surface area contributed by atoms with Gasteiger partial charge in [-0.15, -0.1) is 11.8 Å². The number of hydrogen-bond donors (Lipinski definition) is 2. The minimum atomic E-state index is -0.788. The van der Waals surface area contributed by atoms with Gasteiger partial charge >= 0.3 is 5.97 Å². The van der Waals surface area contributed by atoms with E-state index >= 15 is 0 Å². The van der Waals surface area contributed by atoms with Crippen LogP contribution in [0.25, 0.3) is 0 Å². The number of carbonyl (C=O) groups excluding carboxylic acids is 2. The second kappa shape index (κ2) is 10.9. The molecule has 0 aromatic heterocycles. The van der Waals surface area contributed by atoms with E-state index in [-0.39, 0.29) is 18.2 Å². The smallest absolute Gasteiger partial charge is 0.303 e. The summed E-state index contributed by atoms with van der Waals surface area (Å²) in [6.07, 6.45) is 4.45. The normalized spacial score (nSPS) is 13.6. The summed E-state index contributed by atoms with van der Waals surface area (Å²) in [7, 11) is 0. The van der Waals surface area contributed by atoms with Crippen LogP contribution in [0.5, 0.6) is 0 Å². The highest BCUT2D eigenvalue weighted by molar-refractivity contribution is 8.00. The SMILES string of the molecule is O=C(O)CCCCCNC(=O)c1ccccc1SCC(=O)N1CCCC1. The number of nitrogens with one attached hydrogen (secondary N) is 1. The third kappa shape index (κ3) is 6.71. The number of nitrogens with zero attached hydrogens (tertiary/aromatic N) is 1. The number of hydrogen-bond acceptors (Lipinski definition) is 4. The number of benzene rings is 1. The number of carboxylic acids is 1. The Hall–Kier alpha value is -2.02. The molecule has 2 rings (SSSR count). The molecule has 26 heavy (non-hydrogen) atoms. The Morgan fingerprint density at radius 3 is 2.54 bits per heavy atom. The molecule has 0 atom stereocenters. The van der Waals surface area contributed by atoms with E-state index in [4.69, 9.17) is 5.11 Å². The summed E-state index contributed by atoms with van der Waals surface area (Å²) in [6.45, 7) is 2.19. The van der Waals surface area contributed by atoms with Crippen LogP contribution in [0.1, 0.15) is 48.9 Å². The molecule has 1 aliphatic heterocycles. The van der Waals surface area contributed by atoms with Gasteiger partial charge < -0.3 is 15.3 Å². The highest BCUT2D eigenvalue weighted by atomic mass is 32.2. The minimum Gasteiger partial charge on any atom is -0.481 e. The third-order valence-corrected chi connectivity index (χ3v) is 5.35. The van der Waals surface area contributed by atoms with Gasteiger partial charge in [-0.1, -0.05) is 18.6 Å². The van der Waals surface area contributed by atoms with Crippen molar-refractivity contribution in [3.8, 4) is 0 Å². The number of rotatable bonds is 10. The molecule has 6 nitrogen and oxygen atoms in total. The lowest BCUT2D eigenvalue weighted by Gasteiger charge is -2.15. The van der Waals surface area contributed by atoms with Crippen LogP contribution in [0.15, 0.2) is 29.2 Å². The van der Waals surface area contributed by atoms with E-state index in [0.717, 1.165) is 43.7 Å². The summed E-state index contributed by atoms with van der Waals surface area (Å²) in [5, 5.41) is 11.5. The van der Waals surface area contributed by atoms with Gasteiger partial charge in [-0.2, -0.15) is 0 Å². The van der Waals surface area contributed by atoms with Crippen molar-refractivity contribution in [3.05, 3.63) is 29.8 Å². The lowest BCUT2D eigenvalue weighted by atomic mass is 10.2. The first-order valence-electron chi connectivity index (χ1n) is 9.07. The van der Waals surface area contributed by atoms with Gasteiger partial charge in [0.15, 0.2) is 0 Å². The van der Waals surface area contributed by atoms with Crippen LogP contribution in [-0.2, 0) is 9.59 Å². The molecule has 7 heteroatoms. The first-order valence-corrected chi connectivity index (χ1v) is 10.1. The molecule has 142 valence electrons. The van der Waals surface area contributed by atoms with Gasteiger partial charge in [-0.3, -0.25) is 14.4 Å². The van der Waals surface area contributed by atoms with Gasteiger partial charge in [0.25, 0.3) is 5.91 Å². The van der Waals surface area contributed by atoms with Crippen LogP contribution in [0.3, 0.4) is 0 Å². The molecule has 1 heterocycles. The summed E-state index contributed by atoms with van der Waals surface area (Å²) in [5.41, 5.74) is 0.581. The summed E-state index contributed by atoms with van der Waals surface area (Å²) in [5.74, 6) is -0.469. The zero-order chi connectivity index (χ0) is 18.8. The van der Waals surface area contributed by atoms with Crippen molar-refractivity contribution < 1.29 is 19.5 Å². The average Bonchev–Trinajstić information content (AvgIpc) is 3.17. The second-order valence-corrected chi connectivity index (χ2v) is 7.35. The van der Waals surface area contributed by atoms with Crippen molar-refractivity contribution in [1.29, 1.82) is 0 Å². The Labute approximate surface area is 158 Å². The molecule has 2 amide bonds. The van der Waals surface area contributed by atoms with Gasteiger partial charge in [0.1, 0.15) is 0 Å². The van der Waals surface area contributed by atoms with Crippen molar-refractivity contribution in [2.24, 2.45) is 0 Å². The van der Waals surface area contributed by atoms with E-state index in [1.165, 1.54) is 11.8 Å². The monoisotopic (exact) mass is 378 g/mol. The number of aliphatic carboxylic acids is 1. The van der Waals surface area contributed by atoms with Crippen LogP contribution >= 0.6 is 11.8 Å². The molecular formula is C19H26N2O4S. The molecule has 0 bridgehead atoms. The predicted octanol–water partition coefficient (Wildman–Crippen LogP) is 2.78. The summed E-state index contributed by atoms with van der Waals surface area (Å²) in [6, 6.07) is 7.31. The van der Waals surface area contributed by atoms with Crippen LogP contribution < -0.4 is 5.32 Å². The van der Waals surface area contributed by atoms with E-state index < -0.39 is 5.97 Å². The first kappa shape index (κ1) is 20.3. The van der Waals surface area contributed by atoms with Crippen molar-refractivity contribution in [2.75, 3.05) is 25.4 Å². The van der Waals surface area contributed by atoms with E-state index in [1.54, 1.807) is 6.07 Å². The maximum absolute atomic E-state index is 12.4. The Balaban J connectivity index is 1.78. The molecule has 1 aliphatic rings. The lowest BCUT2D eigenvalue weighted by Crippen LogP contribution is -2.29. The molecule has 0 saturated carbocycles. The van der Waals surface area contributed by atoms with Crippen molar-refractivity contribution >= 4 is 29.5 Å². The fraction of sp³-hybridized carbons (Fsp3) is 0.526. The Kier molecular flexibility index (Phi) is 8.47. The molecule has 1 aromatic rings. The molecule has 1 aromatic carbocycles. The van der Waals surface area contributed by atoms with E-state index in [2.05, 4.69) is 5.32 Å². The molecule has 1 fully saturated rings. The maximum Gasteiger partial charge on any atom is 0.303 e. The number of thioether (sulfide) groups is 1. The Morgan fingerprint density at radius 2 is 1.81 bits per heavy atom. The van der Waals surface area contributed by atoms with Crippen LogP contribution in [0.2, 0.25) is 0 Å². The number of likely N-dealkylation sites (tertiary alicyclic amines) is 1. The topological polar surface area (TPSA) is 86.7 Å². The summed E-state index contributed by atoms with van der Waals surface area (Å²) in [4.78, 5) is 37.7. The van der Waals surface area contributed by atoms with Gasteiger partial charge in [-0.05, 0) is 37.8 Å². The summed E-state index contributed by atoms with van der Waals surface area (Å²) < 4.78 is 0. The third-order valence-electron chi connectivity index (χ3n) is 4.29. The molecule has 0 spiro atoms. The van der Waals surface area contributed by atoms with Crippen molar-refractivity contribution in [1.82, 2.24) is 10.2 Å². The molecule has 0 unspecified atom stereocenters. The first-order chi connectivity index (χ1) is 12.6. The molecular weight excluding hydrogens is 352 g/mol. The number of carboxylic acid groups (broad SMARTS) is 1. The predicted molar refractivity (Wildman–Crippen MR) is 101 cm³/mol. The van der Waals surface area contributed by atoms with Gasteiger partial charge in [0, 0.05) is 31.0 Å². The second-order valence-electron chi connectivity index (χ2n) is 6.33. The standard InChI is InChI=1S/C19H26N2O4S/c22-17(21-12-6-7-13-21)14-26-16-9-4-3-8-15(16)19(25)20-11-5-1-2-10-18(23)24/h3-4,8-9H,1-2,5-7,10-14H2,(H,20,25)(H,23,24). The highest BCUT2D eigenvalue weighted by Gasteiger charge is 2.19. The van der Waals surface area contributed by atoms with Gasteiger partial charge in [0.2, 0.25) is 5.91 Å². The lowest BCUT2D eigenvalue weighted by molar-refractivity contribution is -0.137. The van der Waals surface area contributed by atoms with Crippen molar-refractivity contribution in [3.63, 3.8) is 0 Å². The molecule has 0 radical (unpaired) electrons. The van der Waals surface area contributed by atoms with E-state index in [1.807, 2.05) is 23.1 Å². The molecule has 0 aliphatic carbocycles. The van der Waals surface area contributed by atoms with E-state index in [0.29, 0.717) is 24.3 Å². The number of unbranched alkanes of at least 4 members (excludes halogenated alkanes) is 2. The highest BCUT2D eigenvalue weighted by Crippen LogP contribution is 2.23. The average molecular weight is 378 g/mol. The van der Waals surface area contributed by atoms with Crippen molar-refractivity contribution in [2.45, 2.75) is 43.4 Å². The fourth-order valence-corrected chi connectivity index (χ4v) is 3.81. The van der Waals surface area contributed by atoms with Gasteiger partial charge in [0.05, 0.1) is 11.3 Å². The number of amides is 2. The van der Waals surface area contributed by atoms with E-state index in [9.17, 15) is 14.4 Å². The largest absolute Gasteiger partial charge is 0.481 e. The van der Waals surface area contributed by atoms with Gasteiger partial charge in [-0.25, -0.2) is 0 Å². The maximum atomic E-state index is 12.4. The number of carbonyl (C=O) groups is 3. The molecule has 2 N–H and O–H groups in total. The Morgan fingerprint density at radius 1 is 1.08 bits per heavy atom. The molecule has 1 saturated heterocycles. The zero-order valence-electron chi connectivity index (χ0n) is 14.9. The van der Waals surface area contributed by atoms with Crippen LogP contribution in [-0.4, -0.2) is 53.2 Å².